The molecule has 100 valence electrons. The van der Waals surface area contributed by atoms with Gasteiger partial charge in [-0.05, 0) is 12.5 Å². The molecular formula is C15H17NO3. The van der Waals surface area contributed by atoms with Crippen molar-refractivity contribution in [2.24, 2.45) is 0 Å². The highest BCUT2D eigenvalue weighted by molar-refractivity contribution is 5.46. The Hall–Kier alpha value is -1.91. The molecule has 1 heterocycles. The van der Waals surface area contributed by atoms with E-state index in [1.807, 2.05) is 30.3 Å². The van der Waals surface area contributed by atoms with Crippen molar-refractivity contribution in [2.45, 2.75) is 19.6 Å². The number of ether oxygens (including phenoxy) is 1. The quantitative estimate of drug-likeness (QED) is 0.884. The number of benzene rings is 1. The van der Waals surface area contributed by atoms with Gasteiger partial charge in [0.2, 0.25) is 0 Å². The first-order chi connectivity index (χ1) is 9.19. The Bertz CT molecular complexity index is 555. The summed E-state index contributed by atoms with van der Waals surface area (Å²) in [6.45, 7) is 1.53. The fourth-order valence-electron chi connectivity index (χ4n) is 2.12. The van der Waals surface area contributed by atoms with Crippen LogP contribution in [0.25, 0.3) is 0 Å². The minimum Gasteiger partial charge on any atom is -0.506 e. The minimum absolute atomic E-state index is 0.0715. The number of hydrogen-bond acceptors (Lipinski definition) is 4. The number of aryl methyl sites for hydroxylation is 1. The van der Waals surface area contributed by atoms with Crippen molar-refractivity contribution >= 4 is 0 Å². The van der Waals surface area contributed by atoms with Crippen LogP contribution in [0.15, 0.2) is 36.5 Å². The summed E-state index contributed by atoms with van der Waals surface area (Å²) >= 11 is 0. The first-order valence-electron chi connectivity index (χ1n) is 6.05. The summed E-state index contributed by atoms with van der Waals surface area (Å²) in [5, 5.41) is 19.6. The van der Waals surface area contributed by atoms with E-state index in [1.54, 1.807) is 20.2 Å². The lowest BCUT2D eigenvalue weighted by molar-refractivity contribution is 0.131. The van der Waals surface area contributed by atoms with E-state index in [0.717, 1.165) is 5.56 Å². The number of methoxy groups -OCH3 is 1. The maximum atomic E-state index is 10.2. The molecule has 4 nitrogen and oxygen atoms in total. The van der Waals surface area contributed by atoms with Gasteiger partial charge in [-0.1, -0.05) is 30.3 Å². The van der Waals surface area contributed by atoms with Crippen LogP contribution in [-0.2, 0) is 11.3 Å². The molecule has 19 heavy (non-hydrogen) atoms. The van der Waals surface area contributed by atoms with Crippen LogP contribution < -0.4 is 0 Å². The Morgan fingerprint density at radius 2 is 1.95 bits per heavy atom. The van der Waals surface area contributed by atoms with E-state index in [1.165, 1.54) is 0 Å². The maximum Gasteiger partial charge on any atom is 0.143 e. The Morgan fingerprint density at radius 3 is 2.53 bits per heavy atom. The zero-order valence-corrected chi connectivity index (χ0v) is 11.0. The highest BCUT2D eigenvalue weighted by Gasteiger charge is 2.22. The van der Waals surface area contributed by atoms with Gasteiger partial charge in [0.1, 0.15) is 11.9 Å². The lowest BCUT2D eigenvalue weighted by atomic mass is 9.96. The van der Waals surface area contributed by atoms with Crippen LogP contribution in [0.4, 0.5) is 0 Å². The number of nitrogens with zero attached hydrogens (tertiary/aromatic N) is 1. The number of aliphatic hydroxyl groups is 1. The molecule has 1 atom stereocenters. The maximum absolute atomic E-state index is 10.2. The summed E-state index contributed by atoms with van der Waals surface area (Å²) in [7, 11) is 1.58. The van der Waals surface area contributed by atoms with Crippen molar-refractivity contribution in [1.82, 2.24) is 4.98 Å². The second kappa shape index (κ2) is 5.82. The van der Waals surface area contributed by atoms with E-state index in [9.17, 15) is 10.2 Å². The van der Waals surface area contributed by atoms with Gasteiger partial charge in [0, 0.05) is 24.4 Å². The fourth-order valence-corrected chi connectivity index (χ4v) is 2.12. The van der Waals surface area contributed by atoms with Gasteiger partial charge < -0.3 is 14.9 Å². The smallest absolute Gasteiger partial charge is 0.143 e. The Morgan fingerprint density at radius 1 is 1.26 bits per heavy atom. The molecular weight excluding hydrogens is 242 g/mol. The van der Waals surface area contributed by atoms with Crippen molar-refractivity contribution in [3.63, 3.8) is 0 Å². The van der Waals surface area contributed by atoms with Crippen LogP contribution in [0.1, 0.15) is 28.5 Å². The standard InChI is InChI=1S/C15H17NO3/c1-10-14(18)13(12(9-17)8-16-10)15(19-2)11-6-4-3-5-7-11/h3-8,15,17-18H,9H2,1-2H3. The van der Waals surface area contributed by atoms with Gasteiger partial charge >= 0.3 is 0 Å². The van der Waals surface area contributed by atoms with Gasteiger partial charge in [-0.25, -0.2) is 0 Å². The van der Waals surface area contributed by atoms with Crippen molar-refractivity contribution in [3.8, 4) is 5.75 Å². The zero-order chi connectivity index (χ0) is 13.8. The van der Waals surface area contributed by atoms with Gasteiger partial charge in [-0.3, -0.25) is 4.98 Å². The normalized spacial score (nSPS) is 12.4. The average molecular weight is 259 g/mol. The minimum atomic E-state index is -0.426. The summed E-state index contributed by atoms with van der Waals surface area (Å²) in [5.41, 5.74) is 2.58. The molecule has 1 aromatic heterocycles. The number of aliphatic hydroxyl groups excluding tert-OH is 1. The summed E-state index contributed by atoms with van der Waals surface area (Å²) in [6, 6.07) is 9.58. The second-order valence-corrected chi connectivity index (χ2v) is 4.32. The molecule has 0 radical (unpaired) electrons. The molecule has 2 N–H and O–H groups in total. The molecule has 0 amide bonds. The van der Waals surface area contributed by atoms with Crippen LogP contribution in [0, 0.1) is 6.92 Å². The lowest BCUT2D eigenvalue weighted by Crippen LogP contribution is -2.09. The molecule has 0 aliphatic heterocycles. The Labute approximate surface area is 112 Å². The molecule has 0 bridgehead atoms. The first kappa shape index (κ1) is 13.5. The third-order valence-electron chi connectivity index (χ3n) is 3.13. The van der Waals surface area contributed by atoms with E-state index < -0.39 is 6.10 Å². The van der Waals surface area contributed by atoms with Crippen LogP contribution >= 0.6 is 0 Å². The second-order valence-electron chi connectivity index (χ2n) is 4.32. The van der Waals surface area contributed by atoms with Crippen LogP contribution in [0.2, 0.25) is 0 Å². The summed E-state index contributed by atoms with van der Waals surface area (Å²) in [6.07, 6.45) is 1.14. The molecule has 0 aliphatic carbocycles. The van der Waals surface area contributed by atoms with Crippen molar-refractivity contribution in [3.05, 3.63) is 58.9 Å². The monoisotopic (exact) mass is 259 g/mol. The fraction of sp³-hybridized carbons (Fsp3) is 0.267. The lowest BCUT2D eigenvalue weighted by Gasteiger charge is -2.20. The third kappa shape index (κ3) is 2.59. The Kier molecular flexibility index (Phi) is 4.14. The predicted octanol–water partition coefficient (Wildman–Crippen LogP) is 2.32. The van der Waals surface area contributed by atoms with Crippen molar-refractivity contribution in [1.29, 1.82) is 0 Å². The van der Waals surface area contributed by atoms with Crippen molar-refractivity contribution < 1.29 is 14.9 Å². The number of hydrogen-bond donors (Lipinski definition) is 2. The summed E-state index contributed by atoms with van der Waals surface area (Å²) < 4.78 is 5.50. The molecule has 0 aliphatic rings. The molecule has 1 aromatic carbocycles. The predicted molar refractivity (Wildman–Crippen MR) is 71.9 cm³/mol. The molecule has 0 fully saturated rings. The summed E-state index contributed by atoms with van der Waals surface area (Å²) in [5.74, 6) is 0.0715. The molecule has 2 aromatic rings. The molecule has 1 unspecified atom stereocenters. The highest BCUT2D eigenvalue weighted by Crippen LogP contribution is 2.35. The highest BCUT2D eigenvalue weighted by atomic mass is 16.5. The van der Waals surface area contributed by atoms with Gasteiger partial charge in [0.05, 0.1) is 12.3 Å². The van der Waals surface area contributed by atoms with Crippen LogP contribution in [0.5, 0.6) is 5.75 Å². The largest absolute Gasteiger partial charge is 0.506 e. The van der Waals surface area contributed by atoms with Gasteiger partial charge in [0.25, 0.3) is 0 Å². The van der Waals surface area contributed by atoms with E-state index in [4.69, 9.17) is 4.74 Å². The first-order valence-corrected chi connectivity index (χ1v) is 6.05. The van der Waals surface area contributed by atoms with Crippen molar-refractivity contribution in [2.75, 3.05) is 7.11 Å². The van der Waals surface area contributed by atoms with E-state index in [-0.39, 0.29) is 12.4 Å². The van der Waals surface area contributed by atoms with E-state index in [2.05, 4.69) is 4.98 Å². The van der Waals surface area contributed by atoms with Crippen LogP contribution in [-0.4, -0.2) is 22.3 Å². The number of pyridine rings is 1. The van der Waals surface area contributed by atoms with Crippen LogP contribution in [0.3, 0.4) is 0 Å². The number of aromatic nitrogens is 1. The molecule has 4 heteroatoms. The average Bonchev–Trinajstić information content (AvgIpc) is 2.45. The molecule has 0 saturated heterocycles. The molecule has 0 spiro atoms. The van der Waals surface area contributed by atoms with E-state index in [0.29, 0.717) is 16.8 Å². The number of rotatable bonds is 4. The zero-order valence-electron chi connectivity index (χ0n) is 11.0. The van der Waals surface area contributed by atoms with Gasteiger partial charge in [-0.2, -0.15) is 0 Å². The third-order valence-corrected chi connectivity index (χ3v) is 3.13. The number of aromatic hydroxyl groups is 1. The van der Waals surface area contributed by atoms with E-state index >= 15 is 0 Å². The summed E-state index contributed by atoms with van der Waals surface area (Å²) in [4.78, 5) is 4.05. The topological polar surface area (TPSA) is 62.6 Å². The van der Waals surface area contributed by atoms with Gasteiger partial charge in [-0.15, -0.1) is 0 Å². The molecule has 2 rings (SSSR count). The Balaban J connectivity index is 2.58. The SMILES string of the molecule is COC(c1ccccc1)c1c(CO)cnc(C)c1O. The molecule has 0 saturated carbocycles. The van der Waals surface area contributed by atoms with Gasteiger partial charge in [0.15, 0.2) is 0 Å².